The van der Waals surface area contributed by atoms with Crippen molar-refractivity contribution in [2.24, 2.45) is 0 Å². The second kappa shape index (κ2) is 3.77. The molecule has 1 spiro atoms. The third-order valence-corrected chi connectivity index (χ3v) is 3.75. The summed E-state index contributed by atoms with van der Waals surface area (Å²) in [5.41, 5.74) is 0.611. The molecule has 1 saturated heterocycles. The first kappa shape index (κ1) is 11.4. The van der Waals surface area contributed by atoms with Crippen LogP contribution in [-0.4, -0.2) is 23.9 Å². The molecule has 4 nitrogen and oxygen atoms in total. The van der Waals surface area contributed by atoms with Gasteiger partial charge in [-0.05, 0) is 24.3 Å². The number of hydrogen-bond donors (Lipinski definition) is 0. The van der Waals surface area contributed by atoms with E-state index in [0.29, 0.717) is 11.3 Å². The molecule has 0 saturated carbocycles. The molecule has 4 rings (SSSR count). The van der Waals surface area contributed by atoms with Crippen molar-refractivity contribution in [3.63, 3.8) is 0 Å². The zero-order valence-corrected chi connectivity index (χ0v) is 10.6. The van der Waals surface area contributed by atoms with Crippen LogP contribution in [0.5, 0.6) is 0 Å². The maximum Gasteiger partial charge on any atom is 0.274 e. The smallest absolute Gasteiger partial charge is 0.274 e. The highest BCUT2D eigenvalue weighted by molar-refractivity contribution is 6.30. The third kappa shape index (κ3) is 1.34. The fourth-order valence-electron chi connectivity index (χ4n) is 2.63. The van der Waals surface area contributed by atoms with E-state index in [1.54, 1.807) is 23.1 Å². The minimum atomic E-state index is -1.29. The van der Waals surface area contributed by atoms with E-state index in [-0.39, 0.29) is 18.3 Å². The molecule has 0 N–H and O–H groups in total. The second-order valence-corrected chi connectivity index (χ2v) is 4.94. The lowest BCUT2D eigenvalue weighted by molar-refractivity contribution is -0.121. The van der Waals surface area contributed by atoms with Gasteiger partial charge in [0.05, 0.1) is 12.3 Å². The van der Waals surface area contributed by atoms with Crippen molar-refractivity contribution >= 4 is 23.1 Å². The van der Waals surface area contributed by atoms with E-state index in [1.807, 2.05) is 36.4 Å². The Hall–Kier alpha value is -2.46. The molecule has 4 heteroatoms. The van der Waals surface area contributed by atoms with Crippen LogP contribution in [-0.2, 0) is 9.53 Å². The Morgan fingerprint density at radius 2 is 1.60 bits per heavy atom. The number of para-hydroxylation sites is 2. The number of carbonyl (C=O) groups is 2. The number of ether oxygens (including phenoxy) is 1. The Morgan fingerprint density at radius 1 is 0.950 bits per heavy atom. The van der Waals surface area contributed by atoms with E-state index in [0.717, 1.165) is 5.69 Å². The predicted octanol–water partition coefficient (Wildman–Crippen LogP) is 2.32. The summed E-state index contributed by atoms with van der Waals surface area (Å²) in [5, 5.41) is 0. The number of ketones is 1. The van der Waals surface area contributed by atoms with E-state index in [9.17, 15) is 9.59 Å². The standard InChI is InChI=1S/C16H11NO3/c18-14-12-8-4-5-9-13(12)17(11-6-2-1-3-7-11)15(19)16(14)10-20-16/h1-9H,10H2. The highest BCUT2D eigenvalue weighted by atomic mass is 16.6. The third-order valence-electron chi connectivity index (χ3n) is 3.75. The van der Waals surface area contributed by atoms with Crippen LogP contribution in [0.3, 0.4) is 0 Å². The molecular weight excluding hydrogens is 254 g/mol. The number of fused-ring (bicyclic) bond motifs is 1. The lowest BCUT2D eigenvalue weighted by atomic mass is 9.90. The number of anilines is 2. The van der Waals surface area contributed by atoms with Crippen LogP contribution in [0.15, 0.2) is 54.6 Å². The first-order chi connectivity index (χ1) is 9.74. The zero-order valence-electron chi connectivity index (χ0n) is 10.6. The molecule has 1 atom stereocenters. The van der Waals surface area contributed by atoms with Crippen LogP contribution in [0.4, 0.5) is 11.4 Å². The largest absolute Gasteiger partial charge is 0.351 e. The normalized spacial score (nSPS) is 23.9. The van der Waals surface area contributed by atoms with Crippen LogP contribution in [0.2, 0.25) is 0 Å². The van der Waals surface area contributed by atoms with Gasteiger partial charge in [-0.15, -0.1) is 0 Å². The minimum Gasteiger partial charge on any atom is -0.351 e. The summed E-state index contributed by atoms with van der Waals surface area (Å²) in [6, 6.07) is 16.5. The summed E-state index contributed by atoms with van der Waals surface area (Å²) in [6.45, 7) is 0.169. The molecule has 2 aromatic rings. The number of Topliss-reactive ketones (excluding diaryl/α,β-unsaturated/α-hetero) is 1. The average Bonchev–Trinajstić information content (AvgIpc) is 3.29. The van der Waals surface area contributed by atoms with E-state index < -0.39 is 5.60 Å². The highest BCUT2D eigenvalue weighted by Crippen LogP contribution is 2.44. The number of rotatable bonds is 1. The van der Waals surface area contributed by atoms with Gasteiger partial charge >= 0.3 is 0 Å². The van der Waals surface area contributed by atoms with E-state index in [1.165, 1.54) is 0 Å². The second-order valence-electron chi connectivity index (χ2n) is 4.94. The summed E-state index contributed by atoms with van der Waals surface area (Å²) >= 11 is 0. The van der Waals surface area contributed by atoms with Crippen molar-refractivity contribution in [2.45, 2.75) is 5.60 Å². The Balaban J connectivity index is 1.96. The SMILES string of the molecule is O=C1c2ccccc2N(c2ccccc2)C(=O)C12CO2. The summed E-state index contributed by atoms with van der Waals surface area (Å²) in [6.07, 6.45) is 0. The Labute approximate surface area is 115 Å². The molecule has 2 heterocycles. The summed E-state index contributed by atoms with van der Waals surface area (Å²) in [5.74, 6) is -0.530. The van der Waals surface area contributed by atoms with Crippen LogP contribution in [0, 0.1) is 0 Å². The maximum absolute atomic E-state index is 12.7. The van der Waals surface area contributed by atoms with Gasteiger partial charge < -0.3 is 4.74 Å². The number of benzene rings is 2. The summed E-state index contributed by atoms with van der Waals surface area (Å²) in [7, 11) is 0. The van der Waals surface area contributed by atoms with Gasteiger partial charge in [0.25, 0.3) is 5.91 Å². The number of amides is 1. The Bertz CT molecular complexity index is 720. The number of hydrogen-bond acceptors (Lipinski definition) is 3. The fourth-order valence-corrected chi connectivity index (χ4v) is 2.63. The maximum atomic E-state index is 12.7. The van der Waals surface area contributed by atoms with Gasteiger partial charge in [-0.1, -0.05) is 30.3 Å². The number of carbonyl (C=O) groups excluding carboxylic acids is 2. The molecule has 0 aromatic heterocycles. The molecule has 1 amide bonds. The molecule has 0 bridgehead atoms. The van der Waals surface area contributed by atoms with Crippen LogP contribution < -0.4 is 4.90 Å². The molecule has 2 aromatic carbocycles. The molecule has 98 valence electrons. The van der Waals surface area contributed by atoms with Crippen molar-refractivity contribution < 1.29 is 14.3 Å². The van der Waals surface area contributed by atoms with Gasteiger partial charge in [-0.25, -0.2) is 0 Å². The van der Waals surface area contributed by atoms with Crippen LogP contribution >= 0.6 is 0 Å². The van der Waals surface area contributed by atoms with Gasteiger partial charge in [0.1, 0.15) is 0 Å². The van der Waals surface area contributed by atoms with Gasteiger partial charge in [-0.3, -0.25) is 14.5 Å². The molecule has 1 fully saturated rings. The van der Waals surface area contributed by atoms with Crippen molar-refractivity contribution in [3.8, 4) is 0 Å². The molecule has 0 radical (unpaired) electrons. The Morgan fingerprint density at radius 3 is 2.30 bits per heavy atom. The van der Waals surface area contributed by atoms with Gasteiger partial charge in [-0.2, -0.15) is 0 Å². The quantitative estimate of drug-likeness (QED) is 0.587. The van der Waals surface area contributed by atoms with Crippen molar-refractivity contribution in [2.75, 3.05) is 11.5 Å². The minimum absolute atomic E-state index is 0.169. The first-order valence-corrected chi connectivity index (χ1v) is 6.41. The molecule has 2 aliphatic rings. The zero-order chi connectivity index (χ0) is 13.7. The molecular formula is C16H11NO3. The highest BCUT2D eigenvalue weighted by Gasteiger charge is 2.64. The Kier molecular flexibility index (Phi) is 2.15. The topological polar surface area (TPSA) is 49.9 Å². The lowest BCUT2D eigenvalue weighted by Gasteiger charge is -2.31. The van der Waals surface area contributed by atoms with Crippen molar-refractivity contribution in [1.82, 2.24) is 0 Å². The fraction of sp³-hybridized carbons (Fsp3) is 0.125. The van der Waals surface area contributed by atoms with Crippen LogP contribution in [0.25, 0.3) is 0 Å². The molecule has 1 unspecified atom stereocenters. The van der Waals surface area contributed by atoms with Gasteiger partial charge in [0.2, 0.25) is 11.4 Å². The monoisotopic (exact) mass is 265 g/mol. The average molecular weight is 265 g/mol. The number of epoxide rings is 1. The van der Waals surface area contributed by atoms with E-state index in [2.05, 4.69) is 0 Å². The predicted molar refractivity (Wildman–Crippen MR) is 73.0 cm³/mol. The number of nitrogens with zero attached hydrogens (tertiary/aromatic N) is 1. The van der Waals surface area contributed by atoms with Crippen molar-refractivity contribution in [1.29, 1.82) is 0 Å². The van der Waals surface area contributed by atoms with Crippen molar-refractivity contribution in [3.05, 3.63) is 60.2 Å². The molecule has 20 heavy (non-hydrogen) atoms. The molecule has 0 aliphatic carbocycles. The lowest BCUT2D eigenvalue weighted by Crippen LogP contribution is -2.48. The van der Waals surface area contributed by atoms with Crippen LogP contribution in [0.1, 0.15) is 10.4 Å². The van der Waals surface area contributed by atoms with E-state index in [4.69, 9.17) is 4.74 Å². The van der Waals surface area contributed by atoms with Gasteiger partial charge in [0.15, 0.2) is 0 Å². The first-order valence-electron chi connectivity index (χ1n) is 6.41. The molecule has 2 aliphatic heterocycles. The summed E-state index contributed by atoms with van der Waals surface area (Å²) < 4.78 is 5.23. The summed E-state index contributed by atoms with van der Waals surface area (Å²) in [4.78, 5) is 26.7. The van der Waals surface area contributed by atoms with Gasteiger partial charge in [0, 0.05) is 11.3 Å². The van der Waals surface area contributed by atoms with E-state index >= 15 is 0 Å².